The van der Waals surface area contributed by atoms with Crippen LogP contribution in [0.4, 0.5) is 5.95 Å². The number of ether oxygens (including phenoxy) is 1. The zero-order valence-corrected chi connectivity index (χ0v) is 12.4. The van der Waals surface area contributed by atoms with E-state index in [0.29, 0.717) is 6.54 Å². The van der Waals surface area contributed by atoms with E-state index in [1.807, 2.05) is 13.8 Å². The van der Waals surface area contributed by atoms with Crippen LogP contribution in [-0.4, -0.2) is 45.7 Å². The first-order valence-corrected chi connectivity index (χ1v) is 6.68. The summed E-state index contributed by atoms with van der Waals surface area (Å²) in [5, 5.41) is 9.51. The average molecular weight is 301 g/mol. The van der Waals surface area contributed by atoms with Crippen molar-refractivity contribution < 1.29 is 14.6 Å². The summed E-state index contributed by atoms with van der Waals surface area (Å²) in [6.45, 7) is 4.42. The molecule has 1 aliphatic rings. The third-order valence-corrected chi connectivity index (χ3v) is 3.69. The molecule has 0 aromatic carbocycles. The molecule has 0 amide bonds. The molecule has 0 aliphatic carbocycles. The van der Waals surface area contributed by atoms with Crippen LogP contribution in [0.5, 0.6) is 6.01 Å². The van der Waals surface area contributed by atoms with Gasteiger partial charge in [0, 0.05) is 6.54 Å². The molecule has 20 heavy (non-hydrogen) atoms. The molecule has 1 aromatic rings. The second-order valence-electron chi connectivity index (χ2n) is 5.42. The molecule has 2 heterocycles. The number of hydrogen-bond acceptors (Lipinski definition) is 6. The zero-order chi connectivity index (χ0) is 14.9. The zero-order valence-electron chi connectivity index (χ0n) is 11.6. The number of aliphatic carboxylic acids is 1. The minimum absolute atomic E-state index is 0.0145. The SMILES string of the molecule is COc1nc(Cl)nc(N2CCCC(C)(C)C2C(=O)O)n1. The van der Waals surface area contributed by atoms with Gasteiger partial charge in [-0.05, 0) is 29.9 Å². The summed E-state index contributed by atoms with van der Waals surface area (Å²) in [7, 11) is 1.42. The van der Waals surface area contributed by atoms with E-state index < -0.39 is 12.0 Å². The Morgan fingerprint density at radius 2 is 2.15 bits per heavy atom. The van der Waals surface area contributed by atoms with Gasteiger partial charge in [-0.2, -0.15) is 15.0 Å². The summed E-state index contributed by atoms with van der Waals surface area (Å²) in [5.41, 5.74) is -0.379. The van der Waals surface area contributed by atoms with E-state index >= 15 is 0 Å². The molecule has 0 bridgehead atoms. The highest BCUT2D eigenvalue weighted by molar-refractivity contribution is 6.28. The van der Waals surface area contributed by atoms with Gasteiger partial charge in [0.1, 0.15) is 6.04 Å². The van der Waals surface area contributed by atoms with Gasteiger partial charge in [0.25, 0.3) is 0 Å². The van der Waals surface area contributed by atoms with Crippen LogP contribution >= 0.6 is 11.6 Å². The molecule has 0 spiro atoms. The highest BCUT2D eigenvalue weighted by atomic mass is 35.5. The van der Waals surface area contributed by atoms with Crippen molar-refractivity contribution in [1.29, 1.82) is 0 Å². The maximum absolute atomic E-state index is 11.6. The standard InChI is InChI=1S/C12H17ClN4O3/c1-12(2)5-4-6-17(7(12)8(18)19)10-14-9(13)15-11(16-10)20-3/h7H,4-6H2,1-3H3,(H,18,19). The van der Waals surface area contributed by atoms with Crippen LogP contribution in [0.3, 0.4) is 0 Å². The molecule has 1 aromatic heterocycles. The van der Waals surface area contributed by atoms with E-state index in [1.165, 1.54) is 7.11 Å². The highest BCUT2D eigenvalue weighted by Crippen LogP contribution is 2.37. The number of carboxylic acids is 1. The van der Waals surface area contributed by atoms with Gasteiger partial charge in [0.2, 0.25) is 11.2 Å². The third-order valence-electron chi connectivity index (χ3n) is 3.52. The van der Waals surface area contributed by atoms with Gasteiger partial charge in [-0.3, -0.25) is 0 Å². The van der Waals surface area contributed by atoms with Crippen molar-refractivity contribution in [3.05, 3.63) is 5.28 Å². The van der Waals surface area contributed by atoms with Crippen LogP contribution in [0.1, 0.15) is 26.7 Å². The second-order valence-corrected chi connectivity index (χ2v) is 5.76. The second kappa shape index (κ2) is 5.40. The lowest BCUT2D eigenvalue weighted by Crippen LogP contribution is -2.55. The van der Waals surface area contributed by atoms with Crippen LogP contribution in [0, 0.1) is 5.41 Å². The van der Waals surface area contributed by atoms with Gasteiger partial charge in [-0.1, -0.05) is 13.8 Å². The molecule has 1 N–H and O–H groups in total. The molecule has 0 radical (unpaired) electrons. The molecule has 1 saturated heterocycles. The van der Waals surface area contributed by atoms with Crippen molar-refractivity contribution in [1.82, 2.24) is 15.0 Å². The molecule has 1 unspecified atom stereocenters. The highest BCUT2D eigenvalue weighted by Gasteiger charge is 2.43. The first kappa shape index (κ1) is 14.8. The molecule has 2 rings (SSSR count). The Morgan fingerprint density at radius 1 is 1.45 bits per heavy atom. The summed E-state index contributed by atoms with van der Waals surface area (Å²) in [6, 6.07) is -0.632. The molecular formula is C12H17ClN4O3. The maximum atomic E-state index is 11.6. The number of halogens is 1. The van der Waals surface area contributed by atoms with Gasteiger partial charge in [-0.15, -0.1) is 0 Å². The number of piperidine rings is 1. The monoisotopic (exact) mass is 300 g/mol. The fourth-order valence-electron chi connectivity index (χ4n) is 2.62. The Bertz CT molecular complexity index is 523. The number of rotatable bonds is 3. The van der Waals surface area contributed by atoms with E-state index in [1.54, 1.807) is 4.90 Å². The van der Waals surface area contributed by atoms with Crippen LogP contribution < -0.4 is 9.64 Å². The number of anilines is 1. The van der Waals surface area contributed by atoms with Crippen LogP contribution in [-0.2, 0) is 4.79 Å². The molecule has 7 nitrogen and oxygen atoms in total. The van der Waals surface area contributed by atoms with Gasteiger partial charge in [0.05, 0.1) is 7.11 Å². The topological polar surface area (TPSA) is 88.4 Å². The summed E-state index contributed by atoms with van der Waals surface area (Å²) < 4.78 is 4.95. The Kier molecular flexibility index (Phi) is 3.99. The lowest BCUT2D eigenvalue weighted by Gasteiger charge is -2.43. The quantitative estimate of drug-likeness (QED) is 0.907. The lowest BCUT2D eigenvalue weighted by atomic mass is 9.76. The van der Waals surface area contributed by atoms with Crippen molar-refractivity contribution in [2.45, 2.75) is 32.7 Å². The minimum Gasteiger partial charge on any atom is -0.480 e. The Labute approximate surface area is 122 Å². The largest absolute Gasteiger partial charge is 0.480 e. The Morgan fingerprint density at radius 3 is 2.75 bits per heavy atom. The van der Waals surface area contributed by atoms with Gasteiger partial charge < -0.3 is 14.7 Å². The summed E-state index contributed by atoms with van der Waals surface area (Å²) in [6.07, 6.45) is 1.69. The fourth-order valence-corrected chi connectivity index (χ4v) is 2.77. The molecule has 1 atom stereocenters. The number of nitrogens with zero attached hydrogens (tertiary/aromatic N) is 4. The predicted molar refractivity (Wildman–Crippen MR) is 73.2 cm³/mol. The Balaban J connectivity index is 2.43. The van der Waals surface area contributed by atoms with E-state index in [2.05, 4.69) is 15.0 Å². The van der Waals surface area contributed by atoms with Crippen LogP contribution in [0.25, 0.3) is 0 Å². The summed E-state index contributed by atoms with van der Waals surface area (Å²) >= 11 is 5.83. The van der Waals surface area contributed by atoms with Crippen molar-refractivity contribution in [3.8, 4) is 6.01 Å². The van der Waals surface area contributed by atoms with Crippen molar-refractivity contribution >= 4 is 23.5 Å². The Hall–Kier alpha value is -1.63. The molecule has 1 aliphatic heterocycles. The van der Waals surface area contributed by atoms with Gasteiger partial charge in [-0.25, -0.2) is 4.79 Å². The van der Waals surface area contributed by atoms with Crippen LogP contribution in [0.2, 0.25) is 5.28 Å². The smallest absolute Gasteiger partial charge is 0.326 e. The maximum Gasteiger partial charge on any atom is 0.326 e. The number of aromatic nitrogens is 3. The fraction of sp³-hybridized carbons (Fsp3) is 0.667. The molecule has 1 fully saturated rings. The van der Waals surface area contributed by atoms with Gasteiger partial charge in [0.15, 0.2) is 0 Å². The van der Waals surface area contributed by atoms with E-state index in [0.717, 1.165) is 12.8 Å². The van der Waals surface area contributed by atoms with Crippen molar-refractivity contribution in [2.75, 3.05) is 18.6 Å². The van der Waals surface area contributed by atoms with Crippen molar-refractivity contribution in [3.63, 3.8) is 0 Å². The normalized spacial score (nSPS) is 21.6. The molecule has 110 valence electrons. The number of methoxy groups -OCH3 is 1. The minimum atomic E-state index is -0.898. The number of carboxylic acid groups (broad SMARTS) is 1. The summed E-state index contributed by atoms with van der Waals surface area (Å²) in [5.74, 6) is -0.660. The number of carbonyl (C=O) groups is 1. The molecule has 0 saturated carbocycles. The molecular weight excluding hydrogens is 284 g/mol. The van der Waals surface area contributed by atoms with Crippen LogP contribution in [0.15, 0.2) is 0 Å². The third kappa shape index (κ3) is 2.77. The van der Waals surface area contributed by atoms with Crippen molar-refractivity contribution in [2.24, 2.45) is 5.41 Å². The van der Waals surface area contributed by atoms with E-state index in [-0.39, 0.29) is 22.7 Å². The van der Waals surface area contributed by atoms with E-state index in [4.69, 9.17) is 16.3 Å². The molecule has 8 heteroatoms. The number of hydrogen-bond donors (Lipinski definition) is 1. The van der Waals surface area contributed by atoms with Gasteiger partial charge >= 0.3 is 12.0 Å². The van der Waals surface area contributed by atoms with E-state index in [9.17, 15) is 9.90 Å². The summed E-state index contributed by atoms with van der Waals surface area (Å²) in [4.78, 5) is 25.2. The predicted octanol–water partition coefficient (Wildman–Crippen LogP) is 1.61. The average Bonchev–Trinajstić information content (AvgIpc) is 2.35. The first-order valence-electron chi connectivity index (χ1n) is 6.30. The first-order chi connectivity index (χ1) is 9.35. The lowest BCUT2D eigenvalue weighted by molar-refractivity contribution is -0.142.